The molecule has 0 saturated heterocycles. The van der Waals surface area contributed by atoms with Gasteiger partial charge in [0, 0.05) is 18.3 Å². The molecule has 1 aromatic carbocycles. The van der Waals surface area contributed by atoms with E-state index in [0.717, 1.165) is 5.56 Å². The second-order valence-corrected chi connectivity index (χ2v) is 5.91. The van der Waals surface area contributed by atoms with Gasteiger partial charge < -0.3 is 10.5 Å². The van der Waals surface area contributed by atoms with Gasteiger partial charge in [-0.3, -0.25) is 0 Å². The van der Waals surface area contributed by atoms with Crippen molar-refractivity contribution in [2.45, 2.75) is 31.7 Å². The summed E-state index contributed by atoms with van der Waals surface area (Å²) in [5.41, 5.74) is 6.99. The highest BCUT2D eigenvalue weighted by molar-refractivity contribution is 7.89. The molecule has 3 N–H and O–H groups in total. The molecule has 0 bridgehead atoms. The van der Waals surface area contributed by atoms with Gasteiger partial charge in [-0.25, -0.2) is 13.1 Å². The molecule has 0 aromatic heterocycles. The van der Waals surface area contributed by atoms with Gasteiger partial charge in [0.15, 0.2) is 0 Å². The van der Waals surface area contributed by atoms with Crippen LogP contribution < -0.4 is 10.5 Å². The topological polar surface area (TPSA) is 81.4 Å². The zero-order valence-electron chi connectivity index (χ0n) is 10.9. The minimum absolute atomic E-state index is 0.220. The number of nitrogens with two attached hydrogens (primary N) is 1. The molecule has 5 nitrogen and oxygen atoms in total. The van der Waals surface area contributed by atoms with E-state index in [1.165, 1.54) is 6.07 Å². The van der Waals surface area contributed by atoms with E-state index < -0.39 is 10.0 Å². The Hall–Kier alpha value is -1.11. The Labute approximate surface area is 108 Å². The Bertz CT molecular complexity index is 500. The van der Waals surface area contributed by atoms with Crippen LogP contribution in [-0.2, 0) is 14.8 Å². The van der Waals surface area contributed by atoms with E-state index in [4.69, 9.17) is 10.5 Å². The Morgan fingerprint density at radius 3 is 2.67 bits per heavy atom. The summed E-state index contributed by atoms with van der Waals surface area (Å²) in [7, 11) is -3.51. The summed E-state index contributed by atoms with van der Waals surface area (Å²) in [6.07, 6.45) is 0. The van der Waals surface area contributed by atoms with Crippen molar-refractivity contribution in [3.8, 4) is 0 Å². The molecule has 0 amide bonds. The molecule has 18 heavy (non-hydrogen) atoms. The average molecular weight is 272 g/mol. The summed E-state index contributed by atoms with van der Waals surface area (Å²) >= 11 is 0. The van der Waals surface area contributed by atoms with Crippen LogP contribution in [0.5, 0.6) is 0 Å². The fourth-order valence-corrected chi connectivity index (χ4v) is 2.79. The molecule has 1 atom stereocenters. The zero-order chi connectivity index (χ0) is 13.8. The predicted molar refractivity (Wildman–Crippen MR) is 71.9 cm³/mol. The minimum Gasteiger partial charge on any atom is -0.399 e. The van der Waals surface area contributed by atoms with Crippen LogP contribution in [0.2, 0.25) is 0 Å². The molecule has 102 valence electrons. The van der Waals surface area contributed by atoms with Gasteiger partial charge in [-0.15, -0.1) is 0 Å². The summed E-state index contributed by atoms with van der Waals surface area (Å²) in [4.78, 5) is 0.220. The minimum atomic E-state index is -3.51. The van der Waals surface area contributed by atoms with Gasteiger partial charge in [0.1, 0.15) is 0 Å². The number of nitrogens with one attached hydrogen (secondary N) is 1. The van der Waals surface area contributed by atoms with Gasteiger partial charge >= 0.3 is 0 Å². The maximum Gasteiger partial charge on any atom is 0.240 e. The van der Waals surface area contributed by atoms with E-state index in [1.54, 1.807) is 26.0 Å². The van der Waals surface area contributed by atoms with Crippen molar-refractivity contribution < 1.29 is 13.2 Å². The number of hydrogen-bond donors (Lipinski definition) is 2. The van der Waals surface area contributed by atoms with Gasteiger partial charge in [-0.05, 0) is 44.5 Å². The lowest BCUT2D eigenvalue weighted by molar-refractivity contribution is 0.133. The second-order valence-electron chi connectivity index (χ2n) is 4.20. The largest absolute Gasteiger partial charge is 0.399 e. The molecule has 1 aromatic rings. The predicted octanol–water partition coefficient (Wildman–Crippen LogP) is 1.28. The molecule has 0 radical (unpaired) electrons. The Kier molecular flexibility index (Phi) is 5.13. The van der Waals surface area contributed by atoms with Crippen LogP contribution in [-0.4, -0.2) is 27.7 Å². The van der Waals surface area contributed by atoms with Crippen molar-refractivity contribution >= 4 is 15.7 Å². The van der Waals surface area contributed by atoms with Gasteiger partial charge in [-0.1, -0.05) is 0 Å². The molecular weight excluding hydrogens is 252 g/mol. The van der Waals surface area contributed by atoms with Crippen LogP contribution in [0, 0.1) is 6.92 Å². The Morgan fingerprint density at radius 2 is 2.11 bits per heavy atom. The van der Waals surface area contributed by atoms with Crippen molar-refractivity contribution in [1.82, 2.24) is 4.72 Å². The average Bonchev–Trinajstić information content (AvgIpc) is 2.29. The molecule has 1 unspecified atom stereocenters. The highest BCUT2D eigenvalue weighted by Gasteiger charge is 2.17. The molecule has 1 rings (SSSR count). The lowest BCUT2D eigenvalue weighted by atomic mass is 10.2. The summed E-state index contributed by atoms with van der Waals surface area (Å²) in [5, 5.41) is 0. The molecule has 0 aliphatic heterocycles. The standard InChI is InChI=1S/C12H20N2O3S/c1-4-17-8-10(3)14-18(15,16)11-5-6-12(13)9(2)7-11/h5-7,10,14H,4,8,13H2,1-3H3. The third-order valence-corrected chi connectivity index (χ3v) is 4.07. The number of benzene rings is 1. The van der Waals surface area contributed by atoms with E-state index >= 15 is 0 Å². The van der Waals surface area contributed by atoms with E-state index in [1.807, 2.05) is 6.92 Å². The number of hydrogen-bond acceptors (Lipinski definition) is 4. The van der Waals surface area contributed by atoms with E-state index in [9.17, 15) is 8.42 Å². The molecule has 0 saturated carbocycles. The lowest BCUT2D eigenvalue weighted by Crippen LogP contribution is -2.35. The summed E-state index contributed by atoms with van der Waals surface area (Å²) in [5.74, 6) is 0. The smallest absolute Gasteiger partial charge is 0.240 e. The monoisotopic (exact) mass is 272 g/mol. The highest BCUT2D eigenvalue weighted by atomic mass is 32.2. The molecule has 0 aliphatic rings. The van der Waals surface area contributed by atoms with E-state index in [-0.39, 0.29) is 10.9 Å². The van der Waals surface area contributed by atoms with Gasteiger partial charge in [0.05, 0.1) is 11.5 Å². The number of aryl methyl sites for hydroxylation is 1. The molecular formula is C12H20N2O3S. The maximum absolute atomic E-state index is 12.1. The fraction of sp³-hybridized carbons (Fsp3) is 0.500. The number of anilines is 1. The second kappa shape index (κ2) is 6.17. The Balaban J connectivity index is 2.83. The van der Waals surface area contributed by atoms with Crippen LogP contribution in [0.25, 0.3) is 0 Å². The van der Waals surface area contributed by atoms with E-state index in [2.05, 4.69) is 4.72 Å². The quantitative estimate of drug-likeness (QED) is 0.764. The molecule has 0 heterocycles. The van der Waals surface area contributed by atoms with Crippen LogP contribution in [0.15, 0.2) is 23.1 Å². The van der Waals surface area contributed by atoms with Crippen molar-refractivity contribution in [2.24, 2.45) is 0 Å². The number of sulfonamides is 1. The van der Waals surface area contributed by atoms with Crippen LogP contribution >= 0.6 is 0 Å². The summed E-state index contributed by atoms with van der Waals surface area (Å²) in [6.45, 7) is 6.32. The number of nitrogen functional groups attached to an aromatic ring is 1. The van der Waals surface area contributed by atoms with Crippen LogP contribution in [0.4, 0.5) is 5.69 Å². The van der Waals surface area contributed by atoms with Gasteiger partial charge in [0.25, 0.3) is 0 Å². The third kappa shape index (κ3) is 3.97. The van der Waals surface area contributed by atoms with Crippen LogP contribution in [0.1, 0.15) is 19.4 Å². The van der Waals surface area contributed by atoms with Gasteiger partial charge in [0.2, 0.25) is 10.0 Å². The fourth-order valence-electron chi connectivity index (χ4n) is 1.48. The summed E-state index contributed by atoms with van der Waals surface area (Å²) < 4.78 is 31.9. The van der Waals surface area contributed by atoms with Crippen molar-refractivity contribution in [1.29, 1.82) is 0 Å². The highest BCUT2D eigenvalue weighted by Crippen LogP contribution is 2.16. The summed E-state index contributed by atoms with van der Waals surface area (Å²) in [6, 6.07) is 4.38. The Morgan fingerprint density at radius 1 is 1.44 bits per heavy atom. The third-order valence-electron chi connectivity index (χ3n) is 2.48. The first kappa shape index (κ1) is 14.9. The zero-order valence-corrected chi connectivity index (χ0v) is 11.8. The van der Waals surface area contributed by atoms with E-state index in [0.29, 0.717) is 18.9 Å². The van der Waals surface area contributed by atoms with Crippen molar-refractivity contribution in [3.63, 3.8) is 0 Å². The van der Waals surface area contributed by atoms with Crippen molar-refractivity contribution in [2.75, 3.05) is 18.9 Å². The number of ether oxygens (including phenoxy) is 1. The normalized spacial score (nSPS) is 13.5. The molecule has 6 heteroatoms. The SMILES string of the molecule is CCOCC(C)NS(=O)(=O)c1ccc(N)c(C)c1. The first-order valence-electron chi connectivity index (χ1n) is 5.83. The lowest BCUT2D eigenvalue weighted by Gasteiger charge is -2.14. The molecule has 0 spiro atoms. The first-order valence-corrected chi connectivity index (χ1v) is 7.31. The van der Waals surface area contributed by atoms with Crippen LogP contribution in [0.3, 0.4) is 0 Å². The molecule has 0 aliphatic carbocycles. The van der Waals surface area contributed by atoms with Gasteiger partial charge in [-0.2, -0.15) is 0 Å². The number of rotatable bonds is 6. The first-order chi connectivity index (χ1) is 8.36. The molecule has 0 fully saturated rings. The van der Waals surface area contributed by atoms with Crippen molar-refractivity contribution in [3.05, 3.63) is 23.8 Å². The maximum atomic E-state index is 12.1.